The van der Waals surface area contributed by atoms with Gasteiger partial charge in [-0.1, -0.05) is 23.8 Å². The molecule has 0 saturated carbocycles. The van der Waals surface area contributed by atoms with E-state index < -0.39 is 11.7 Å². The van der Waals surface area contributed by atoms with Crippen LogP contribution in [0.5, 0.6) is 0 Å². The van der Waals surface area contributed by atoms with E-state index in [1.54, 1.807) is 6.07 Å². The minimum Gasteiger partial charge on any atom is -0.382 e. The van der Waals surface area contributed by atoms with Crippen LogP contribution in [0, 0.1) is 6.92 Å². The van der Waals surface area contributed by atoms with Crippen LogP contribution >= 0.6 is 0 Å². The topological polar surface area (TPSA) is 38.8 Å². The number of anilines is 2. The summed E-state index contributed by atoms with van der Waals surface area (Å²) < 4.78 is 38.8. The summed E-state index contributed by atoms with van der Waals surface area (Å²) in [6.07, 6.45) is -2.37. The number of piperidine rings is 1. The summed E-state index contributed by atoms with van der Waals surface area (Å²) in [5.41, 5.74) is 2.34. The minimum absolute atomic E-state index is 0.0717. The highest BCUT2D eigenvalue weighted by molar-refractivity contribution is 5.76. The maximum absolute atomic E-state index is 12.9. The molecule has 8 heteroatoms. The standard InChI is InChI=1S/C26H33F3N4O/c1-20-5-7-24(8-6-20)32-17-15-31(16-18-32)12-11-25(34)33-13-9-22(10-14-33)30-23-4-2-3-21(19-23)26(27,28)29/h2-8,19,22,30H,9-18H2,1H3. The first kappa shape index (κ1) is 24.4. The number of hydrogen-bond donors (Lipinski definition) is 1. The molecule has 4 rings (SSSR count). The van der Waals surface area contributed by atoms with Crippen LogP contribution in [0.3, 0.4) is 0 Å². The fourth-order valence-electron chi connectivity index (χ4n) is 4.69. The first-order chi connectivity index (χ1) is 16.3. The fourth-order valence-corrected chi connectivity index (χ4v) is 4.69. The maximum Gasteiger partial charge on any atom is 0.416 e. The van der Waals surface area contributed by atoms with E-state index in [0.29, 0.717) is 25.2 Å². The highest BCUT2D eigenvalue weighted by atomic mass is 19.4. The van der Waals surface area contributed by atoms with E-state index in [1.165, 1.54) is 17.3 Å². The Bertz CT molecular complexity index is 947. The Labute approximate surface area is 199 Å². The number of nitrogens with one attached hydrogen (secondary N) is 1. The van der Waals surface area contributed by atoms with Gasteiger partial charge < -0.3 is 15.1 Å². The Morgan fingerprint density at radius 2 is 1.65 bits per heavy atom. The quantitative estimate of drug-likeness (QED) is 0.663. The van der Waals surface area contributed by atoms with Gasteiger partial charge in [0.05, 0.1) is 5.56 Å². The Hall–Kier alpha value is -2.74. The van der Waals surface area contributed by atoms with E-state index in [9.17, 15) is 18.0 Å². The first-order valence-corrected chi connectivity index (χ1v) is 12.0. The molecule has 1 amide bonds. The Kier molecular flexibility index (Phi) is 7.66. The van der Waals surface area contributed by atoms with Crippen LogP contribution in [0.15, 0.2) is 48.5 Å². The molecule has 0 radical (unpaired) electrons. The van der Waals surface area contributed by atoms with Gasteiger partial charge >= 0.3 is 6.18 Å². The molecule has 2 saturated heterocycles. The lowest BCUT2D eigenvalue weighted by atomic mass is 10.0. The molecule has 5 nitrogen and oxygen atoms in total. The number of alkyl halides is 3. The van der Waals surface area contributed by atoms with Crippen molar-refractivity contribution in [2.24, 2.45) is 0 Å². The van der Waals surface area contributed by atoms with Crippen LogP contribution in [0.1, 0.15) is 30.4 Å². The van der Waals surface area contributed by atoms with Crippen molar-refractivity contribution in [1.29, 1.82) is 0 Å². The van der Waals surface area contributed by atoms with Crippen molar-refractivity contribution < 1.29 is 18.0 Å². The molecular weight excluding hydrogens is 441 g/mol. The molecule has 0 spiro atoms. The van der Waals surface area contributed by atoms with E-state index in [-0.39, 0.29) is 11.9 Å². The monoisotopic (exact) mass is 474 g/mol. The molecule has 184 valence electrons. The average molecular weight is 475 g/mol. The van der Waals surface area contributed by atoms with Gasteiger partial charge in [-0.25, -0.2) is 0 Å². The molecule has 2 fully saturated rings. The molecule has 2 aliphatic heterocycles. The van der Waals surface area contributed by atoms with Crippen LogP contribution < -0.4 is 10.2 Å². The molecule has 2 aromatic carbocycles. The molecule has 34 heavy (non-hydrogen) atoms. The Morgan fingerprint density at radius 1 is 0.971 bits per heavy atom. The van der Waals surface area contributed by atoms with Crippen molar-refractivity contribution in [3.63, 3.8) is 0 Å². The molecule has 0 unspecified atom stereocenters. The number of piperazine rings is 1. The largest absolute Gasteiger partial charge is 0.416 e. The SMILES string of the molecule is Cc1ccc(N2CCN(CCC(=O)N3CCC(Nc4cccc(C(F)(F)F)c4)CC3)CC2)cc1. The normalized spacial score (nSPS) is 18.2. The van der Waals surface area contributed by atoms with Gasteiger partial charge in [-0.2, -0.15) is 13.2 Å². The predicted octanol–water partition coefficient (Wildman–Crippen LogP) is 4.63. The van der Waals surface area contributed by atoms with Crippen LogP contribution in [0.25, 0.3) is 0 Å². The number of hydrogen-bond acceptors (Lipinski definition) is 4. The van der Waals surface area contributed by atoms with Crippen molar-refractivity contribution in [1.82, 2.24) is 9.80 Å². The third-order valence-corrected chi connectivity index (χ3v) is 6.82. The van der Waals surface area contributed by atoms with E-state index in [2.05, 4.69) is 46.3 Å². The van der Waals surface area contributed by atoms with Crippen molar-refractivity contribution in [3.05, 3.63) is 59.7 Å². The maximum atomic E-state index is 12.9. The van der Waals surface area contributed by atoms with E-state index in [4.69, 9.17) is 0 Å². The lowest BCUT2D eigenvalue weighted by molar-refractivity contribution is -0.137. The van der Waals surface area contributed by atoms with Crippen molar-refractivity contribution in [2.75, 3.05) is 56.0 Å². The third kappa shape index (κ3) is 6.44. The number of carbonyl (C=O) groups excluding carboxylic acids is 1. The number of nitrogens with zero attached hydrogens (tertiary/aromatic N) is 3. The highest BCUT2D eigenvalue weighted by Crippen LogP contribution is 2.31. The second-order valence-electron chi connectivity index (χ2n) is 9.29. The average Bonchev–Trinajstić information content (AvgIpc) is 2.83. The Morgan fingerprint density at radius 3 is 2.29 bits per heavy atom. The molecule has 0 bridgehead atoms. The number of aryl methyl sites for hydroxylation is 1. The summed E-state index contributed by atoms with van der Waals surface area (Å²) in [5, 5.41) is 3.21. The second-order valence-corrected chi connectivity index (χ2v) is 9.29. The van der Waals surface area contributed by atoms with Crippen LogP contribution in [-0.4, -0.2) is 67.6 Å². The first-order valence-electron chi connectivity index (χ1n) is 12.0. The molecule has 2 aliphatic rings. The van der Waals surface area contributed by atoms with E-state index in [1.807, 2.05) is 4.90 Å². The second kappa shape index (κ2) is 10.7. The molecular formula is C26H33F3N4O. The van der Waals surface area contributed by atoms with Crippen LogP contribution in [0.2, 0.25) is 0 Å². The molecule has 1 N–H and O–H groups in total. The summed E-state index contributed by atoms with van der Waals surface area (Å²) >= 11 is 0. The molecule has 0 aliphatic carbocycles. The zero-order valence-electron chi connectivity index (χ0n) is 19.7. The number of benzene rings is 2. The van der Waals surface area contributed by atoms with Gasteiger partial charge in [0.15, 0.2) is 0 Å². The third-order valence-electron chi connectivity index (χ3n) is 6.82. The molecule has 2 heterocycles. The van der Waals surface area contributed by atoms with Gasteiger partial charge in [0, 0.05) is 69.7 Å². The molecule has 0 aromatic heterocycles. The smallest absolute Gasteiger partial charge is 0.382 e. The number of rotatable bonds is 6. The van der Waals surface area contributed by atoms with Gasteiger partial charge in [-0.3, -0.25) is 9.69 Å². The van der Waals surface area contributed by atoms with E-state index in [0.717, 1.165) is 57.7 Å². The summed E-state index contributed by atoms with van der Waals surface area (Å²) in [6, 6.07) is 14.0. The van der Waals surface area contributed by atoms with Crippen LogP contribution in [-0.2, 0) is 11.0 Å². The van der Waals surface area contributed by atoms with Gasteiger partial charge in [0.2, 0.25) is 5.91 Å². The minimum atomic E-state index is -4.35. The highest BCUT2D eigenvalue weighted by Gasteiger charge is 2.31. The molecule has 0 atom stereocenters. The predicted molar refractivity (Wildman–Crippen MR) is 129 cm³/mol. The number of halogens is 3. The van der Waals surface area contributed by atoms with E-state index >= 15 is 0 Å². The van der Waals surface area contributed by atoms with Gasteiger partial charge in [-0.15, -0.1) is 0 Å². The number of carbonyl (C=O) groups is 1. The van der Waals surface area contributed by atoms with Gasteiger partial charge in [0.25, 0.3) is 0 Å². The van der Waals surface area contributed by atoms with Crippen LogP contribution in [0.4, 0.5) is 24.5 Å². The summed E-state index contributed by atoms with van der Waals surface area (Å²) in [7, 11) is 0. The number of amides is 1. The fraction of sp³-hybridized carbons (Fsp3) is 0.500. The molecule has 2 aromatic rings. The zero-order valence-corrected chi connectivity index (χ0v) is 19.7. The van der Waals surface area contributed by atoms with Crippen molar-refractivity contribution in [3.8, 4) is 0 Å². The zero-order chi connectivity index (χ0) is 24.1. The van der Waals surface area contributed by atoms with Crippen molar-refractivity contribution >= 4 is 17.3 Å². The van der Waals surface area contributed by atoms with Gasteiger partial charge in [0.1, 0.15) is 0 Å². The van der Waals surface area contributed by atoms with Gasteiger partial charge in [-0.05, 0) is 50.1 Å². The summed E-state index contributed by atoms with van der Waals surface area (Å²) in [5.74, 6) is 0.165. The Balaban J connectivity index is 1.16. The lowest BCUT2D eigenvalue weighted by Crippen LogP contribution is -2.48. The summed E-state index contributed by atoms with van der Waals surface area (Å²) in [4.78, 5) is 19.4. The number of likely N-dealkylation sites (tertiary alicyclic amines) is 1. The summed E-state index contributed by atoms with van der Waals surface area (Å²) in [6.45, 7) is 7.95. The van der Waals surface area contributed by atoms with Crippen molar-refractivity contribution in [2.45, 2.75) is 38.4 Å². The lowest BCUT2D eigenvalue weighted by Gasteiger charge is -2.37.